The van der Waals surface area contributed by atoms with Gasteiger partial charge in [-0.15, -0.1) is 6.42 Å². The number of nitrogens with one attached hydrogen (secondary N) is 1. The van der Waals surface area contributed by atoms with Gasteiger partial charge in [0.25, 0.3) is 0 Å². The molecule has 1 heterocycles. The first-order valence-corrected chi connectivity index (χ1v) is 3.70. The van der Waals surface area contributed by atoms with E-state index in [2.05, 4.69) is 30.2 Å². The van der Waals surface area contributed by atoms with Crippen molar-refractivity contribution in [3.05, 3.63) is 0 Å². The van der Waals surface area contributed by atoms with Gasteiger partial charge in [-0.2, -0.15) is 0 Å². The molecule has 0 radical (unpaired) electrons. The number of terminal acetylenes is 1. The first-order chi connectivity index (χ1) is 4.74. The van der Waals surface area contributed by atoms with Crippen molar-refractivity contribution in [3.63, 3.8) is 0 Å². The Balaban J connectivity index is 2.40. The summed E-state index contributed by atoms with van der Waals surface area (Å²) >= 11 is 0. The Hall–Kier alpha value is -0.520. The number of nitrogens with zero attached hydrogens (tertiary/aromatic N) is 1. The molecule has 1 saturated heterocycles. The van der Waals surface area contributed by atoms with Crippen molar-refractivity contribution in [1.29, 1.82) is 0 Å². The topological polar surface area (TPSA) is 15.3 Å². The molecule has 0 aromatic heterocycles. The van der Waals surface area contributed by atoms with Gasteiger partial charge in [0.2, 0.25) is 0 Å². The van der Waals surface area contributed by atoms with Gasteiger partial charge in [0, 0.05) is 12.1 Å². The smallest absolute Gasteiger partial charge is 0.0743 e. The van der Waals surface area contributed by atoms with Crippen LogP contribution in [-0.2, 0) is 0 Å². The van der Waals surface area contributed by atoms with Gasteiger partial charge in [0.15, 0.2) is 0 Å². The summed E-state index contributed by atoms with van der Waals surface area (Å²) in [4.78, 5) is 0. The van der Waals surface area contributed by atoms with Crippen molar-refractivity contribution < 1.29 is 0 Å². The van der Waals surface area contributed by atoms with E-state index in [4.69, 9.17) is 6.42 Å². The molecule has 1 aliphatic rings. The van der Waals surface area contributed by atoms with Gasteiger partial charge >= 0.3 is 0 Å². The summed E-state index contributed by atoms with van der Waals surface area (Å²) in [5.74, 6) is 2.62. The molecule has 0 aromatic carbocycles. The first-order valence-electron chi connectivity index (χ1n) is 3.70. The quantitative estimate of drug-likeness (QED) is 0.534. The molecule has 0 amide bonds. The molecule has 0 aromatic rings. The molecule has 10 heavy (non-hydrogen) atoms. The predicted molar refractivity (Wildman–Crippen MR) is 42.2 cm³/mol. The van der Waals surface area contributed by atoms with Gasteiger partial charge < -0.3 is 0 Å². The fraction of sp³-hybridized carbons (Fsp3) is 0.750. The lowest BCUT2D eigenvalue weighted by atomic mass is 10.2. The Morgan fingerprint density at radius 2 is 2.40 bits per heavy atom. The molecule has 2 unspecified atom stereocenters. The molecule has 1 aliphatic heterocycles. The number of hydrogen-bond acceptors (Lipinski definition) is 2. The molecular weight excluding hydrogens is 124 g/mol. The molecule has 0 saturated carbocycles. The molecule has 2 heteroatoms. The van der Waals surface area contributed by atoms with E-state index in [1.54, 1.807) is 0 Å². The number of rotatable bonds is 1. The van der Waals surface area contributed by atoms with Gasteiger partial charge in [0.1, 0.15) is 0 Å². The fourth-order valence-corrected chi connectivity index (χ4v) is 1.40. The van der Waals surface area contributed by atoms with Crippen LogP contribution >= 0.6 is 0 Å². The second kappa shape index (κ2) is 3.05. The Labute approximate surface area is 62.6 Å². The van der Waals surface area contributed by atoms with E-state index in [0.717, 1.165) is 0 Å². The third-order valence-electron chi connectivity index (χ3n) is 1.87. The lowest BCUT2D eigenvalue weighted by Gasteiger charge is -2.17. The third-order valence-corrected chi connectivity index (χ3v) is 1.87. The maximum atomic E-state index is 5.18. The van der Waals surface area contributed by atoms with E-state index in [9.17, 15) is 0 Å². The average Bonchev–Trinajstić information content (AvgIpc) is 2.13. The highest BCUT2D eigenvalue weighted by Gasteiger charge is 2.23. The Morgan fingerprint density at radius 3 is 2.80 bits per heavy atom. The van der Waals surface area contributed by atoms with Crippen molar-refractivity contribution in [2.45, 2.75) is 32.4 Å². The lowest BCUT2D eigenvalue weighted by Crippen LogP contribution is -2.37. The first kappa shape index (κ1) is 7.59. The summed E-state index contributed by atoms with van der Waals surface area (Å²) < 4.78 is 0. The van der Waals surface area contributed by atoms with Crippen molar-refractivity contribution in [3.8, 4) is 12.3 Å². The normalized spacial score (nSPS) is 34.1. The molecule has 2 nitrogen and oxygen atoms in total. The SMILES string of the molecule is C#CCN1NC(C)CC1C. The fourth-order valence-electron chi connectivity index (χ4n) is 1.40. The maximum absolute atomic E-state index is 5.18. The molecule has 1 rings (SSSR count). The van der Waals surface area contributed by atoms with Crippen molar-refractivity contribution in [1.82, 2.24) is 10.4 Å². The number of hydrogen-bond donors (Lipinski definition) is 1. The van der Waals surface area contributed by atoms with Gasteiger partial charge in [-0.1, -0.05) is 5.92 Å². The van der Waals surface area contributed by atoms with Crippen molar-refractivity contribution in [2.75, 3.05) is 6.54 Å². The Morgan fingerprint density at radius 1 is 1.70 bits per heavy atom. The maximum Gasteiger partial charge on any atom is 0.0743 e. The van der Waals surface area contributed by atoms with Crippen molar-refractivity contribution in [2.24, 2.45) is 0 Å². The molecule has 1 fully saturated rings. The zero-order valence-electron chi connectivity index (χ0n) is 6.59. The largest absolute Gasteiger partial charge is 0.251 e. The van der Waals surface area contributed by atoms with Gasteiger partial charge in [-0.3, -0.25) is 5.43 Å². The van der Waals surface area contributed by atoms with Gasteiger partial charge in [0.05, 0.1) is 6.54 Å². The van der Waals surface area contributed by atoms with Crippen LogP contribution in [-0.4, -0.2) is 23.6 Å². The molecule has 0 aliphatic carbocycles. The average molecular weight is 138 g/mol. The summed E-state index contributed by atoms with van der Waals surface area (Å²) in [7, 11) is 0. The molecule has 0 spiro atoms. The standard InChI is InChI=1S/C8H14N2/c1-4-5-10-8(3)6-7(2)9-10/h1,7-9H,5-6H2,2-3H3. The Bertz CT molecular complexity index is 148. The van der Waals surface area contributed by atoms with Crippen LogP contribution in [0.25, 0.3) is 0 Å². The minimum atomic E-state index is 0.586. The van der Waals surface area contributed by atoms with Crippen LogP contribution in [0.1, 0.15) is 20.3 Å². The van der Waals surface area contributed by atoms with Crippen LogP contribution < -0.4 is 5.43 Å². The highest BCUT2D eigenvalue weighted by molar-refractivity contribution is 4.91. The predicted octanol–water partition coefficient (Wildman–Crippen LogP) is 0.607. The van der Waals surface area contributed by atoms with Gasteiger partial charge in [-0.05, 0) is 20.3 Å². The van der Waals surface area contributed by atoms with E-state index in [0.29, 0.717) is 18.6 Å². The van der Waals surface area contributed by atoms with Crippen LogP contribution in [0.4, 0.5) is 0 Å². The monoisotopic (exact) mass is 138 g/mol. The second-order valence-corrected chi connectivity index (χ2v) is 2.95. The van der Waals surface area contributed by atoms with Crippen LogP contribution in [0.5, 0.6) is 0 Å². The van der Waals surface area contributed by atoms with Crippen LogP contribution in [0.15, 0.2) is 0 Å². The van der Waals surface area contributed by atoms with Gasteiger partial charge in [-0.25, -0.2) is 5.01 Å². The second-order valence-electron chi connectivity index (χ2n) is 2.95. The highest BCUT2D eigenvalue weighted by atomic mass is 15.5. The summed E-state index contributed by atoms with van der Waals surface area (Å²) in [6, 6.07) is 1.18. The molecule has 2 atom stereocenters. The van der Waals surface area contributed by atoms with E-state index in [1.807, 2.05) is 0 Å². The summed E-state index contributed by atoms with van der Waals surface area (Å²) in [5, 5.41) is 2.12. The number of hydrazine groups is 1. The summed E-state index contributed by atoms with van der Waals surface area (Å²) in [5.41, 5.74) is 3.30. The zero-order chi connectivity index (χ0) is 7.56. The van der Waals surface area contributed by atoms with Crippen LogP contribution in [0.3, 0.4) is 0 Å². The molecule has 56 valence electrons. The summed E-state index contributed by atoms with van der Waals surface area (Å²) in [6.07, 6.45) is 6.38. The third kappa shape index (κ3) is 1.50. The highest BCUT2D eigenvalue weighted by Crippen LogP contribution is 2.12. The van der Waals surface area contributed by atoms with E-state index in [1.165, 1.54) is 6.42 Å². The lowest BCUT2D eigenvalue weighted by molar-refractivity contribution is 0.217. The molecule has 0 bridgehead atoms. The molecule has 1 N–H and O–H groups in total. The zero-order valence-corrected chi connectivity index (χ0v) is 6.59. The van der Waals surface area contributed by atoms with Crippen LogP contribution in [0, 0.1) is 12.3 Å². The van der Waals surface area contributed by atoms with E-state index >= 15 is 0 Å². The minimum Gasteiger partial charge on any atom is -0.251 e. The van der Waals surface area contributed by atoms with Crippen molar-refractivity contribution >= 4 is 0 Å². The Kier molecular flexibility index (Phi) is 2.31. The van der Waals surface area contributed by atoms with E-state index in [-0.39, 0.29) is 0 Å². The molecular formula is C8H14N2. The minimum absolute atomic E-state index is 0.586. The van der Waals surface area contributed by atoms with Crippen LogP contribution in [0.2, 0.25) is 0 Å². The van der Waals surface area contributed by atoms with E-state index < -0.39 is 0 Å². The summed E-state index contributed by atoms with van der Waals surface area (Å²) in [6.45, 7) is 5.08.